The van der Waals surface area contributed by atoms with E-state index < -0.39 is 0 Å². The van der Waals surface area contributed by atoms with Crippen LogP contribution in [-0.2, 0) is 9.59 Å². The molecule has 0 bridgehead atoms. The van der Waals surface area contributed by atoms with Crippen molar-refractivity contribution in [3.63, 3.8) is 0 Å². The molecule has 0 spiro atoms. The molecule has 6 heteroatoms. The average Bonchev–Trinajstić information content (AvgIpc) is 2.63. The summed E-state index contributed by atoms with van der Waals surface area (Å²) in [4.78, 5) is 24.9. The van der Waals surface area contributed by atoms with Gasteiger partial charge in [0.2, 0.25) is 11.8 Å². The van der Waals surface area contributed by atoms with Crippen molar-refractivity contribution in [3.8, 4) is 0 Å². The van der Waals surface area contributed by atoms with E-state index in [0.29, 0.717) is 30.3 Å². The summed E-state index contributed by atoms with van der Waals surface area (Å²) < 4.78 is 0.637. The third kappa shape index (κ3) is 4.10. The smallest absolute Gasteiger partial charge is 0.241 e. The van der Waals surface area contributed by atoms with Gasteiger partial charge >= 0.3 is 0 Å². The van der Waals surface area contributed by atoms with Crippen LogP contribution < -0.4 is 5.32 Å². The Balaban J connectivity index is 2.31. The number of thioether (sulfide) groups is 1. The number of nitrogens with one attached hydrogen (secondary N) is 1. The molecule has 0 radical (unpaired) electrons. The van der Waals surface area contributed by atoms with Crippen molar-refractivity contribution in [1.29, 1.82) is 0 Å². The van der Waals surface area contributed by atoms with Crippen molar-refractivity contribution in [1.82, 2.24) is 10.2 Å². The maximum Gasteiger partial charge on any atom is 0.241 e. The third-order valence-electron chi connectivity index (χ3n) is 2.60. The molecule has 0 aromatic carbocycles. The van der Waals surface area contributed by atoms with E-state index in [9.17, 15) is 9.59 Å². The molecule has 2 amide bonds. The Kier molecular flexibility index (Phi) is 6.35. The number of rotatable bonds is 7. The lowest BCUT2D eigenvalue weighted by molar-refractivity contribution is -0.127. The van der Waals surface area contributed by atoms with Crippen molar-refractivity contribution in [2.24, 2.45) is 0 Å². The molecule has 1 N–H and O–H groups in total. The van der Waals surface area contributed by atoms with Gasteiger partial charge in [0.05, 0.1) is 5.25 Å². The Labute approximate surface area is 117 Å². The minimum absolute atomic E-state index is 0.0211. The fourth-order valence-corrected chi connectivity index (χ4v) is 3.11. The summed E-state index contributed by atoms with van der Waals surface area (Å²) in [5.74, 6) is 0.0613. The molecule has 1 aliphatic rings. The molecule has 100 valence electrons. The van der Waals surface area contributed by atoms with Crippen molar-refractivity contribution in [3.05, 3.63) is 12.7 Å². The van der Waals surface area contributed by atoms with Gasteiger partial charge in [-0.25, -0.2) is 0 Å². The minimum atomic E-state index is -0.0351. The predicted octanol–water partition coefficient (Wildman–Crippen LogP) is 1.71. The van der Waals surface area contributed by atoms with E-state index in [4.69, 9.17) is 12.2 Å². The van der Waals surface area contributed by atoms with Crippen LogP contribution in [0, 0.1) is 0 Å². The highest BCUT2D eigenvalue weighted by Gasteiger charge is 2.34. The third-order valence-corrected chi connectivity index (χ3v) is 4.36. The maximum absolute atomic E-state index is 11.9. The first kappa shape index (κ1) is 15.2. The van der Waals surface area contributed by atoms with E-state index in [2.05, 4.69) is 11.9 Å². The minimum Gasteiger partial charge on any atom is -0.353 e. The number of carbonyl (C=O) groups is 2. The fraction of sp³-hybridized carbons (Fsp3) is 0.583. The van der Waals surface area contributed by atoms with Crippen LogP contribution in [0.3, 0.4) is 0 Å². The van der Waals surface area contributed by atoms with E-state index in [-0.39, 0.29) is 17.1 Å². The van der Waals surface area contributed by atoms with Gasteiger partial charge in [0.15, 0.2) is 0 Å². The SMILES string of the molecule is C=CCNC(=O)CCCN1C(=O)C(CC)SC1=S. The van der Waals surface area contributed by atoms with Crippen molar-refractivity contribution in [2.45, 2.75) is 31.4 Å². The predicted molar refractivity (Wildman–Crippen MR) is 78.4 cm³/mol. The topological polar surface area (TPSA) is 49.4 Å². The molecule has 0 saturated carbocycles. The first-order valence-corrected chi connectivity index (χ1v) is 7.28. The van der Waals surface area contributed by atoms with Crippen molar-refractivity contribution in [2.75, 3.05) is 13.1 Å². The van der Waals surface area contributed by atoms with Gasteiger partial charge in [-0.15, -0.1) is 6.58 Å². The number of hydrogen-bond acceptors (Lipinski definition) is 4. The zero-order valence-corrected chi connectivity index (χ0v) is 12.1. The molecule has 0 aromatic rings. The van der Waals surface area contributed by atoms with Gasteiger partial charge in [-0.2, -0.15) is 0 Å². The van der Waals surface area contributed by atoms with Gasteiger partial charge in [0.1, 0.15) is 4.32 Å². The van der Waals surface area contributed by atoms with Crippen LogP contribution in [0.4, 0.5) is 0 Å². The first-order chi connectivity index (χ1) is 8.60. The van der Waals surface area contributed by atoms with Gasteiger partial charge < -0.3 is 5.32 Å². The van der Waals surface area contributed by atoms with E-state index >= 15 is 0 Å². The zero-order valence-electron chi connectivity index (χ0n) is 10.5. The summed E-state index contributed by atoms with van der Waals surface area (Å²) in [6, 6.07) is 0. The van der Waals surface area contributed by atoms with Gasteiger partial charge in [-0.1, -0.05) is 37.0 Å². The fourth-order valence-electron chi connectivity index (χ4n) is 1.63. The highest BCUT2D eigenvalue weighted by molar-refractivity contribution is 8.24. The molecule has 0 aliphatic carbocycles. The molecular weight excluding hydrogens is 268 g/mol. The number of carbonyl (C=O) groups excluding carboxylic acids is 2. The van der Waals surface area contributed by atoms with Crippen LogP contribution in [0.1, 0.15) is 26.2 Å². The van der Waals surface area contributed by atoms with Crippen LogP contribution in [0.5, 0.6) is 0 Å². The van der Waals surface area contributed by atoms with Gasteiger partial charge in [-0.05, 0) is 12.8 Å². The highest BCUT2D eigenvalue weighted by Crippen LogP contribution is 2.29. The molecule has 1 unspecified atom stereocenters. The number of hydrogen-bond donors (Lipinski definition) is 1. The van der Waals surface area contributed by atoms with Gasteiger partial charge in [-0.3, -0.25) is 14.5 Å². The van der Waals surface area contributed by atoms with E-state index in [1.165, 1.54) is 11.8 Å². The molecule has 1 aliphatic heterocycles. The molecular formula is C12H18N2O2S2. The molecule has 1 fully saturated rings. The van der Waals surface area contributed by atoms with Gasteiger partial charge in [0.25, 0.3) is 0 Å². The second-order valence-corrected chi connectivity index (χ2v) is 5.80. The second kappa shape index (κ2) is 7.53. The summed E-state index contributed by atoms with van der Waals surface area (Å²) in [5, 5.41) is 2.67. The quantitative estimate of drug-likeness (QED) is 0.572. The molecule has 1 rings (SSSR count). The standard InChI is InChI=1S/C12H18N2O2S2/c1-3-7-13-10(15)6-5-8-14-11(16)9(4-2)18-12(14)17/h3,9H,1,4-8H2,2H3,(H,13,15). The number of amides is 2. The molecule has 1 atom stereocenters. The largest absolute Gasteiger partial charge is 0.353 e. The van der Waals surface area contributed by atoms with Crippen molar-refractivity contribution < 1.29 is 9.59 Å². The lowest BCUT2D eigenvalue weighted by Crippen LogP contribution is -2.33. The molecule has 4 nitrogen and oxygen atoms in total. The Bertz CT molecular complexity index is 358. The second-order valence-electron chi connectivity index (χ2n) is 3.97. The number of nitrogens with zero attached hydrogens (tertiary/aromatic N) is 1. The molecule has 18 heavy (non-hydrogen) atoms. The zero-order chi connectivity index (χ0) is 13.5. The highest BCUT2D eigenvalue weighted by atomic mass is 32.2. The lowest BCUT2D eigenvalue weighted by Gasteiger charge is -2.14. The summed E-state index contributed by atoms with van der Waals surface area (Å²) >= 11 is 6.61. The molecule has 0 aromatic heterocycles. The first-order valence-electron chi connectivity index (χ1n) is 5.99. The Hall–Kier alpha value is -0.880. The van der Waals surface area contributed by atoms with E-state index in [1.54, 1.807) is 11.0 Å². The summed E-state index contributed by atoms with van der Waals surface area (Å²) in [5.41, 5.74) is 0. The average molecular weight is 286 g/mol. The van der Waals surface area contributed by atoms with Crippen molar-refractivity contribution >= 4 is 40.1 Å². The van der Waals surface area contributed by atoms with Crippen LogP contribution in [0.25, 0.3) is 0 Å². The van der Waals surface area contributed by atoms with Crippen LogP contribution >= 0.6 is 24.0 Å². The Morgan fingerprint density at radius 1 is 1.67 bits per heavy atom. The van der Waals surface area contributed by atoms with Crippen LogP contribution in [0.15, 0.2) is 12.7 Å². The van der Waals surface area contributed by atoms with Crippen LogP contribution in [0.2, 0.25) is 0 Å². The lowest BCUT2D eigenvalue weighted by atomic mass is 10.2. The summed E-state index contributed by atoms with van der Waals surface area (Å²) in [6.07, 6.45) is 3.47. The monoisotopic (exact) mass is 286 g/mol. The maximum atomic E-state index is 11.9. The normalized spacial score (nSPS) is 19.2. The summed E-state index contributed by atoms with van der Waals surface area (Å²) in [6.45, 7) is 6.51. The Morgan fingerprint density at radius 3 is 2.94 bits per heavy atom. The Morgan fingerprint density at radius 2 is 2.39 bits per heavy atom. The summed E-state index contributed by atoms with van der Waals surface area (Å²) in [7, 11) is 0. The molecule has 1 saturated heterocycles. The van der Waals surface area contributed by atoms with Crippen LogP contribution in [-0.4, -0.2) is 39.4 Å². The van der Waals surface area contributed by atoms with Gasteiger partial charge in [0, 0.05) is 19.5 Å². The number of thiocarbonyl (C=S) groups is 1. The van der Waals surface area contributed by atoms with E-state index in [0.717, 1.165) is 6.42 Å². The molecule has 1 heterocycles. The van der Waals surface area contributed by atoms with E-state index in [1.807, 2.05) is 6.92 Å².